The van der Waals surface area contributed by atoms with Crippen LogP contribution in [0.5, 0.6) is 0 Å². The first-order chi connectivity index (χ1) is 15.3. The van der Waals surface area contributed by atoms with Crippen molar-refractivity contribution in [1.29, 1.82) is 0 Å². The lowest BCUT2D eigenvalue weighted by atomic mass is 9.94. The van der Waals surface area contributed by atoms with Crippen molar-refractivity contribution in [3.8, 4) is 0 Å². The first-order valence-corrected chi connectivity index (χ1v) is 11.2. The number of ketones is 1. The van der Waals surface area contributed by atoms with Crippen LogP contribution in [-0.2, 0) is 20.8 Å². The molecule has 1 aromatic rings. The molecule has 174 valence electrons. The molecule has 1 unspecified atom stereocenters. The number of anilines is 2. The summed E-state index contributed by atoms with van der Waals surface area (Å²) in [4.78, 5) is 33.4. The van der Waals surface area contributed by atoms with Crippen LogP contribution in [-0.4, -0.2) is 72.1 Å². The highest BCUT2D eigenvalue weighted by molar-refractivity contribution is 5.85. The number of nitrogens with zero attached hydrogens (tertiary/aromatic N) is 4. The lowest BCUT2D eigenvalue weighted by molar-refractivity contribution is -0.153. The standard InChI is InChI=1S/C21H25F3N4O4/c22-21(23,24)15-1-4-26-18(30)7-17(28-10-16-20(28)8-13(20)11-32-16)25-19(26)27(15)9-14(29)12-2-5-31-6-3-12/h7,12-13,15-16H,1-6,8-11H2/t13-,15-,16+,20?/m0/s1. The predicted molar refractivity (Wildman–Crippen MR) is 107 cm³/mol. The van der Waals surface area contributed by atoms with E-state index < -0.39 is 18.8 Å². The number of alkyl halides is 3. The molecular weight excluding hydrogens is 429 g/mol. The van der Waals surface area contributed by atoms with Crippen molar-refractivity contribution in [2.24, 2.45) is 11.8 Å². The second-order valence-electron chi connectivity index (χ2n) is 9.56. The van der Waals surface area contributed by atoms with Crippen LogP contribution in [0, 0.1) is 11.8 Å². The molecule has 5 heterocycles. The smallest absolute Gasteiger partial charge is 0.381 e. The van der Waals surface area contributed by atoms with Crippen LogP contribution in [0.1, 0.15) is 25.7 Å². The molecule has 4 atom stereocenters. The largest absolute Gasteiger partial charge is 0.408 e. The lowest BCUT2D eigenvalue weighted by Crippen LogP contribution is -2.63. The Kier molecular flexibility index (Phi) is 4.43. The van der Waals surface area contributed by atoms with Gasteiger partial charge in [0.1, 0.15) is 11.9 Å². The number of fused-ring (bicyclic) bond motifs is 1. The Bertz CT molecular complexity index is 1010. The summed E-state index contributed by atoms with van der Waals surface area (Å²) in [7, 11) is 0. The molecule has 1 saturated carbocycles. The molecule has 32 heavy (non-hydrogen) atoms. The Morgan fingerprint density at radius 2 is 2.03 bits per heavy atom. The number of rotatable bonds is 4. The molecule has 0 aromatic carbocycles. The summed E-state index contributed by atoms with van der Waals surface area (Å²) in [6, 6.07) is -0.437. The fourth-order valence-electron chi connectivity index (χ4n) is 5.99. The summed E-state index contributed by atoms with van der Waals surface area (Å²) >= 11 is 0. The van der Waals surface area contributed by atoms with Gasteiger partial charge in [0.2, 0.25) is 5.95 Å². The number of aromatic nitrogens is 2. The number of hydrogen-bond donors (Lipinski definition) is 0. The zero-order chi connectivity index (χ0) is 22.3. The summed E-state index contributed by atoms with van der Waals surface area (Å²) < 4.78 is 54.1. The zero-order valence-electron chi connectivity index (χ0n) is 17.5. The third kappa shape index (κ3) is 2.93. The fraction of sp³-hybridized carbons (Fsp3) is 0.762. The first-order valence-electron chi connectivity index (χ1n) is 11.2. The maximum atomic E-state index is 13.9. The average Bonchev–Trinajstić information content (AvgIpc) is 3.45. The molecule has 11 heteroatoms. The summed E-state index contributed by atoms with van der Waals surface area (Å²) in [5.41, 5.74) is -0.538. The Hall–Kier alpha value is -2.14. The van der Waals surface area contributed by atoms with E-state index >= 15 is 0 Å². The maximum absolute atomic E-state index is 13.9. The number of carbonyl (C=O) groups is 1. The van der Waals surface area contributed by atoms with Crippen LogP contribution < -0.4 is 15.4 Å². The van der Waals surface area contributed by atoms with E-state index in [1.165, 1.54) is 10.6 Å². The topological polar surface area (TPSA) is 76.9 Å². The quantitative estimate of drug-likeness (QED) is 0.680. The summed E-state index contributed by atoms with van der Waals surface area (Å²) in [5.74, 6) is 0.121. The Labute approximate surface area is 182 Å². The number of carbonyl (C=O) groups excluding carboxylic acids is 1. The molecule has 6 rings (SSSR count). The first kappa shape index (κ1) is 20.5. The lowest BCUT2D eigenvalue weighted by Gasteiger charge is -2.48. The van der Waals surface area contributed by atoms with Gasteiger partial charge in [-0.3, -0.25) is 14.2 Å². The van der Waals surface area contributed by atoms with Gasteiger partial charge in [-0.15, -0.1) is 0 Å². The molecule has 1 spiro atoms. The third-order valence-corrected chi connectivity index (χ3v) is 7.92. The molecule has 1 aliphatic carbocycles. The predicted octanol–water partition coefficient (Wildman–Crippen LogP) is 1.36. The normalized spacial score (nSPS) is 33.9. The van der Waals surface area contributed by atoms with Gasteiger partial charge in [-0.2, -0.15) is 18.2 Å². The van der Waals surface area contributed by atoms with Crippen molar-refractivity contribution >= 4 is 17.5 Å². The number of hydrogen-bond acceptors (Lipinski definition) is 7. The Morgan fingerprint density at radius 1 is 1.25 bits per heavy atom. The minimum Gasteiger partial charge on any atom is -0.381 e. The van der Waals surface area contributed by atoms with Crippen molar-refractivity contribution in [2.75, 3.05) is 42.7 Å². The second kappa shape index (κ2) is 6.93. The van der Waals surface area contributed by atoms with E-state index in [-0.39, 0.29) is 47.8 Å². The van der Waals surface area contributed by atoms with Crippen molar-refractivity contribution in [1.82, 2.24) is 9.55 Å². The van der Waals surface area contributed by atoms with E-state index in [1.54, 1.807) is 0 Å². The Morgan fingerprint density at radius 3 is 2.72 bits per heavy atom. The molecule has 4 aliphatic heterocycles. The summed E-state index contributed by atoms with van der Waals surface area (Å²) in [5, 5.41) is 0. The highest BCUT2D eigenvalue weighted by Crippen LogP contribution is 2.63. The number of Topliss-reactive ketones (excluding diaryl/α,β-unsaturated/α-hetero) is 1. The van der Waals surface area contributed by atoms with Crippen molar-refractivity contribution in [3.05, 3.63) is 16.4 Å². The summed E-state index contributed by atoms with van der Waals surface area (Å²) in [6.45, 7) is 1.62. The van der Waals surface area contributed by atoms with E-state index in [9.17, 15) is 22.8 Å². The van der Waals surface area contributed by atoms with Gasteiger partial charge in [0, 0.05) is 44.2 Å². The van der Waals surface area contributed by atoms with Crippen molar-refractivity contribution < 1.29 is 27.4 Å². The van der Waals surface area contributed by atoms with E-state index in [2.05, 4.69) is 4.98 Å². The van der Waals surface area contributed by atoms with Gasteiger partial charge < -0.3 is 19.3 Å². The number of ether oxygens (including phenoxy) is 2. The van der Waals surface area contributed by atoms with E-state index in [0.29, 0.717) is 50.9 Å². The van der Waals surface area contributed by atoms with Crippen LogP contribution in [0.4, 0.5) is 24.9 Å². The second-order valence-corrected chi connectivity index (χ2v) is 9.56. The average molecular weight is 454 g/mol. The molecule has 1 aromatic heterocycles. The molecule has 8 nitrogen and oxygen atoms in total. The van der Waals surface area contributed by atoms with E-state index in [0.717, 1.165) is 11.3 Å². The van der Waals surface area contributed by atoms with Gasteiger partial charge in [0.25, 0.3) is 5.56 Å². The third-order valence-electron chi connectivity index (χ3n) is 7.92. The molecule has 0 N–H and O–H groups in total. The van der Waals surface area contributed by atoms with Crippen LogP contribution in [0.2, 0.25) is 0 Å². The maximum Gasteiger partial charge on any atom is 0.408 e. The van der Waals surface area contributed by atoms with Gasteiger partial charge >= 0.3 is 6.18 Å². The molecule has 0 radical (unpaired) electrons. The number of halogens is 3. The minimum atomic E-state index is -4.53. The molecule has 5 aliphatic rings. The Balaban J connectivity index is 1.35. The van der Waals surface area contributed by atoms with Crippen molar-refractivity contribution in [3.63, 3.8) is 0 Å². The van der Waals surface area contributed by atoms with Crippen LogP contribution >= 0.6 is 0 Å². The molecular formula is C21H25F3N4O4. The van der Waals surface area contributed by atoms with Gasteiger partial charge in [-0.25, -0.2) is 0 Å². The van der Waals surface area contributed by atoms with Crippen LogP contribution in [0.3, 0.4) is 0 Å². The zero-order valence-corrected chi connectivity index (χ0v) is 17.5. The highest BCUT2D eigenvalue weighted by atomic mass is 19.4. The summed E-state index contributed by atoms with van der Waals surface area (Å²) in [6.07, 6.45) is -2.76. The van der Waals surface area contributed by atoms with Crippen molar-refractivity contribution in [2.45, 2.75) is 56.1 Å². The highest BCUT2D eigenvalue weighted by Gasteiger charge is 2.74. The molecule has 0 amide bonds. The fourth-order valence-corrected chi connectivity index (χ4v) is 5.99. The van der Waals surface area contributed by atoms with Crippen LogP contribution in [0.15, 0.2) is 10.9 Å². The van der Waals surface area contributed by atoms with Gasteiger partial charge in [0.05, 0.1) is 24.8 Å². The SMILES string of the molecule is O=C(CN1c2nc(N3C[C@H]4OC[C@@H]5CC543)cc(=O)n2CC[C@H]1C(F)(F)F)C1CCOCC1. The van der Waals surface area contributed by atoms with Gasteiger partial charge in [0.15, 0.2) is 5.78 Å². The van der Waals surface area contributed by atoms with Gasteiger partial charge in [-0.1, -0.05) is 0 Å². The van der Waals surface area contributed by atoms with Gasteiger partial charge in [-0.05, 0) is 25.7 Å². The van der Waals surface area contributed by atoms with E-state index in [4.69, 9.17) is 9.47 Å². The van der Waals surface area contributed by atoms with Crippen LogP contribution in [0.25, 0.3) is 0 Å². The monoisotopic (exact) mass is 454 g/mol. The molecule has 3 saturated heterocycles. The minimum absolute atomic E-state index is 0.0579. The molecule has 0 bridgehead atoms. The van der Waals surface area contributed by atoms with E-state index in [1.807, 2.05) is 4.90 Å². The molecule has 4 fully saturated rings.